The maximum atomic E-state index is 5.47. The van der Waals surface area contributed by atoms with Crippen LogP contribution in [0.5, 0.6) is 0 Å². The van der Waals surface area contributed by atoms with E-state index in [0.29, 0.717) is 5.50 Å². The third-order valence-corrected chi connectivity index (χ3v) is 2.27. The summed E-state index contributed by atoms with van der Waals surface area (Å²) in [6, 6.07) is 0. The Balaban J connectivity index is 2.37. The molecule has 0 spiro atoms. The maximum absolute atomic E-state index is 5.47. The van der Waals surface area contributed by atoms with E-state index in [1.807, 2.05) is 19.5 Å². The second-order valence-corrected chi connectivity index (χ2v) is 3.12. The van der Waals surface area contributed by atoms with Crippen molar-refractivity contribution >= 4 is 11.8 Å². The van der Waals surface area contributed by atoms with Crippen LogP contribution in [0.25, 0.3) is 0 Å². The van der Waals surface area contributed by atoms with Gasteiger partial charge in [-0.05, 0) is 14.1 Å². The van der Waals surface area contributed by atoms with Gasteiger partial charge in [-0.15, -0.1) is 0 Å². The van der Waals surface area contributed by atoms with Crippen LogP contribution in [-0.2, 0) is 0 Å². The minimum Gasteiger partial charge on any atom is -0.385 e. The maximum Gasteiger partial charge on any atom is 0.132 e. The lowest BCUT2D eigenvalue weighted by molar-refractivity contribution is 0.357. The fourth-order valence-electron chi connectivity index (χ4n) is 0.599. The highest BCUT2D eigenvalue weighted by Gasteiger charge is 2.15. The topological polar surface area (TPSA) is 41.3 Å². The molecule has 1 unspecified atom stereocenters. The first-order chi connectivity index (χ1) is 4.20. The van der Waals surface area contributed by atoms with E-state index in [2.05, 4.69) is 10.2 Å². The largest absolute Gasteiger partial charge is 0.385 e. The van der Waals surface area contributed by atoms with Gasteiger partial charge in [0, 0.05) is 5.41 Å². The zero-order chi connectivity index (χ0) is 6.85. The molecule has 9 heavy (non-hydrogen) atoms. The van der Waals surface area contributed by atoms with Crippen LogP contribution in [0.15, 0.2) is 11.2 Å². The van der Waals surface area contributed by atoms with Crippen LogP contribution in [0, 0.1) is 0 Å². The highest BCUT2D eigenvalue weighted by atomic mass is 32.2. The van der Waals surface area contributed by atoms with E-state index in [1.54, 1.807) is 11.8 Å². The summed E-state index contributed by atoms with van der Waals surface area (Å²) in [4.78, 5) is 2.07. The highest BCUT2D eigenvalue weighted by Crippen LogP contribution is 2.18. The molecule has 0 aromatic carbocycles. The zero-order valence-corrected chi connectivity index (χ0v) is 6.40. The minimum atomic E-state index is 0.324. The summed E-state index contributed by atoms with van der Waals surface area (Å²) >= 11 is 1.69. The summed E-state index contributed by atoms with van der Waals surface area (Å²) < 4.78 is 0. The second kappa shape index (κ2) is 2.49. The van der Waals surface area contributed by atoms with Crippen LogP contribution in [-0.4, -0.2) is 24.5 Å². The predicted octanol–water partition coefficient (Wildman–Crippen LogP) is -0.0744. The molecule has 0 aromatic rings. The van der Waals surface area contributed by atoms with E-state index in [4.69, 9.17) is 5.73 Å². The Morgan fingerprint density at radius 1 is 1.78 bits per heavy atom. The molecule has 1 rings (SSSR count). The molecule has 1 heterocycles. The first kappa shape index (κ1) is 6.77. The van der Waals surface area contributed by atoms with Crippen molar-refractivity contribution in [3.05, 3.63) is 11.2 Å². The van der Waals surface area contributed by atoms with Crippen molar-refractivity contribution in [2.75, 3.05) is 14.1 Å². The summed E-state index contributed by atoms with van der Waals surface area (Å²) in [5.41, 5.74) is 5.79. The smallest absolute Gasteiger partial charge is 0.132 e. The number of hydrogen-bond donors (Lipinski definition) is 2. The van der Waals surface area contributed by atoms with Crippen LogP contribution in [0.3, 0.4) is 0 Å². The summed E-state index contributed by atoms with van der Waals surface area (Å²) in [5, 5.41) is 5.00. The molecule has 3 N–H and O–H groups in total. The van der Waals surface area contributed by atoms with E-state index in [-0.39, 0.29) is 0 Å². The molecule has 1 aliphatic rings. The second-order valence-electron chi connectivity index (χ2n) is 2.17. The number of nitrogens with zero attached hydrogens (tertiary/aromatic N) is 1. The molecule has 0 aliphatic carbocycles. The van der Waals surface area contributed by atoms with Crippen LogP contribution in [0.2, 0.25) is 0 Å². The average molecular weight is 145 g/mol. The van der Waals surface area contributed by atoms with Crippen molar-refractivity contribution in [1.82, 2.24) is 10.2 Å². The summed E-state index contributed by atoms with van der Waals surface area (Å²) in [6.45, 7) is 0. The third-order valence-electron chi connectivity index (χ3n) is 1.08. The number of thioether (sulfide) groups is 1. The molecule has 0 fully saturated rings. The Labute approximate surface area is 59.3 Å². The summed E-state index contributed by atoms with van der Waals surface area (Å²) in [5.74, 6) is 0.763. The number of hydrogen-bond acceptors (Lipinski definition) is 4. The lowest BCUT2D eigenvalue weighted by Crippen LogP contribution is -2.36. The molecular weight excluding hydrogens is 134 g/mol. The van der Waals surface area contributed by atoms with Crippen molar-refractivity contribution < 1.29 is 0 Å². The summed E-state index contributed by atoms with van der Waals surface area (Å²) in [7, 11) is 4.02. The van der Waals surface area contributed by atoms with Crippen molar-refractivity contribution in [2.24, 2.45) is 5.73 Å². The molecule has 0 amide bonds. The Bertz CT molecular complexity index is 132. The molecule has 0 saturated heterocycles. The SMILES string of the molecule is CN(C)C1NC(N)=CS1. The Kier molecular flexibility index (Phi) is 1.87. The van der Waals surface area contributed by atoms with Gasteiger partial charge in [0.2, 0.25) is 0 Å². The van der Waals surface area contributed by atoms with E-state index in [1.165, 1.54) is 0 Å². The van der Waals surface area contributed by atoms with Gasteiger partial charge in [-0.25, -0.2) is 0 Å². The van der Waals surface area contributed by atoms with Crippen molar-refractivity contribution in [2.45, 2.75) is 5.50 Å². The predicted molar refractivity (Wildman–Crippen MR) is 40.5 cm³/mol. The molecule has 0 radical (unpaired) electrons. The molecule has 0 saturated carbocycles. The highest BCUT2D eigenvalue weighted by molar-refractivity contribution is 8.02. The van der Waals surface area contributed by atoms with Gasteiger partial charge in [-0.2, -0.15) is 0 Å². The van der Waals surface area contributed by atoms with Gasteiger partial charge in [-0.3, -0.25) is 4.90 Å². The first-order valence-corrected chi connectivity index (χ1v) is 3.68. The van der Waals surface area contributed by atoms with Gasteiger partial charge < -0.3 is 11.1 Å². The van der Waals surface area contributed by atoms with E-state index in [9.17, 15) is 0 Å². The van der Waals surface area contributed by atoms with Crippen molar-refractivity contribution in [1.29, 1.82) is 0 Å². The minimum absolute atomic E-state index is 0.324. The fraction of sp³-hybridized carbons (Fsp3) is 0.600. The van der Waals surface area contributed by atoms with E-state index in [0.717, 1.165) is 5.82 Å². The third kappa shape index (κ3) is 1.53. The number of rotatable bonds is 1. The number of nitrogens with two attached hydrogens (primary N) is 1. The molecule has 3 nitrogen and oxygen atoms in total. The monoisotopic (exact) mass is 145 g/mol. The van der Waals surface area contributed by atoms with Gasteiger partial charge >= 0.3 is 0 Å². The zero-order valence-electron chi connectivity index (χ0n) is 5.59. The van der Waals surface area contributed by atoms with Crippen LogP contribution >= 0.6 is 11.8 Å². The molecule has 0 bridgehead atoms. The molecule has 4 heteroatoms. The van der Waals surface area contributed by atoms with Gasteiger partial charge in [0.1, 0.15) is 11.3 Å². The fourth-order valence-corrected chi connectivity index (χ4v) is 1.39. The average Bonchev–Trinajstić information content (AvgIpc) is 2.14. The molecule has 52 valence electrons. The lowest BCUT2D eigenvalue weighted by Gasteiger charge is -2.18. The van der Waals surface area contributed by atoms with Gasteiger partial charge in [0.25, 0.3) is 0 Å². The Hall–Kier alpha value is -0.350. The van der Waals surface area contributed by atoms with Crippen LogP contribution in [0.1, 0.15) is 0 Å². The van der Waals surface area contributed by atoms with Crippen LogP contribution in [0.4, 0.5) is 0 Å². The van der Waals surface area contributed by atoms with Gasteiger partial charge in [0.15, 0.2) is 0 Å². The molecule has 0 aromatic heterocycles. The quantitative estimate of drug-likeness (QED) is 0.542. The first-order valence-electron chi connectivity index (χ1n) is 2.74. The molecule has 1 atom stereocenters. The van der Waals surface area contributed by atoms with Gasteiger partial charge in [0.05, 0.1) is 0 Å². The van der Waals surface area contributed by atoms with Crippen molar-refractivity contribution in [3.8, 4) is 0 Å². The van der Waals surface area contributed by atoms with Crippen molar-refractivity contribution in [3.63, 3.8) is 0 Å². The molecular formula is C5H11N3S. The Morgan fingerprint density at radius 2 is 2.44 bits per heavy atom. The summed E-state index contributed by atoms with van der Waals surface area (Å²) in [6.07, 6.45) is 0. The normalized spacial score (nSPS) is 26.1. The van der Waals surface area contributed by atoms with E-state index >= 15 is 0 Å². The lowest BCUT2D eigenvalue weighted by atomic mass is 10.7. The van der Waals surface area contributed by atoms with Crippen LogP contribution < -0.4 is 11.1 Å². The van der Waals surface area contributed by atoms with E-state index < -0.39 is 0 Å². The number of nitrogens with one attached hydrogen (secondary N) is 1. The van der Waals surface area contributed by atoms with Gasteiger partial charge in [-0.1, -0.05) is 11.8 Å². The Morgan fingerprint density at radius 3 is 2.67 bits per heavy atom. The standard InChI is InChI=1S/C5H11N3S/c1-8(2)5-7-4(6)3-9-5/h3,5,7H,6H2,1-2H3. The molecule has 1 aliphatic heterocycles.